The molecule has 1 aliphatic rings. The van der Waals surface area contributed by atoms with Gasteiger partial charge in [0.25, 0.3) is 0 Å². The minimum Gasteiger partial charge on any atom is -0.406 e. The summed E-state index contributed by atoms with van der Waals surface area (Å²) in [6.45, 7) is 7.87. The Bertz CT molecular complexity index is 623. The van der Waals surface area contributed by atoms with Crippen LogP contribution in [-0.4, -0.2) is 61.7 Å². The van der Waals surface area contributed by atoms with Gasteiger partial charge in [-0.2, -0.15) is 0 Å². The summed E-state index contributed by atoms with van der Waals surface area (Å²) in [5.74, 6) is 0.852. The van der Waals surface area contributed by atoms with Crippen molar-refractivity contribution >= 4 is 5.96 Å². The van der Waals surface area contributed by atoms with Gasteiger partial charge in [-0.1, -0.05) is 12.1 Å². The largest absolute Gasteiger partial charge is 0.573 e. The van der Waals surface area contributed by atoms with Crippen LogP contribution in [0.5, 0.6) is 5.75 Å². The Labute approximate surface area is 163 Å². The van der Waals surface area contributed by atoms with Gasteiger partial charge in [0.05, 0.1) is 19.3 Å². The number of ether oxygens (including phenoxy) is 2. The standard InChI is InChI=1S/C19H28F3N3O3/c1-3-23-18(25-10-9-14(12-25)13-27-4-2)24-11-17(26)15-5-7-16(8-6-15)28-19(20,21)22/h5-8,14,17,26H,3-4,9-13H2,1-2H3,(H,23,24). The highest BCUT2D eigenvalue weighted by Crippen LogP contribution is 2.24. The topological polar surface area (TPSA) is 66.3 Å². The normalized spacial score (nSPS) is 19.0. The van der Waals surface area contributed by atoms with Crippen LogP contribution in [0.2, 0.25) is 0 Å². The zero-order valence-electron chi connectivity index (χ0n) is 16.2. The lowest BCUT2D eigenvalue weighted by Crippen LogP contribution is -2.40. The second kappa shape index (κ2) is 10.5. The lowest BCUT2D eigenvalue weighted by atomic mass is 10.1. The van der Waals surface area contributed by atoms with Crippen LogP contribution in [0.15, 0.2) is 29.3 Å². The molecule has 2 unspecified atom stereocenters. The van der Waals surface area contributed by atoms with Crippen molar-refractivity contribution in [3.63, 3.8) is 0 Å². The number of likely N-dealkylation sites (tertiary alicyclic amines) is 1. The fraction of sp³-hybridized carbons (Fsp3) is 0.632. The summed E-state index contributed by atoms with van der Waals surface area (Å²) < 4.78 is 46.0. The number of hydrogen-bond acceptors (Lipinski definition) is 4. The van der Waals surface area contributed by atoms with Crippen molar-refractivity contribution in [2.24, 2.45) is 10.9 Å². The Morgan fingerprint density at radius 3 is 2.64 bits per heavy atom. The van der Waals surface area contributed by atoms with Gasteiger partial charge in [0.15, 0.2) is 5.96 Å². The van der Waals surface area contributed by atoms with E-state index in [9.17, 15) is 18.3 Å². The quantitative estimate of drug-likeness (QED) is 0.516. The zero-order valence-corrected chi connectivity index (χ0v) is 16.2. The van der Waals surface area contributed by atoms with E-state index in [0.717, 1.165) is 32.1 Å². The van der Waals surface area contributed by atoms with E-state index in [1.54, 1.807) is 0 Å². The molecule has 2 atom stereocenters. The SMILES string of the molecule is CCNC(=NCC(O)c1ccc(OC(F)(F)F)cc1)N1CCC(COCC)C1. The van der Waals surface area contributed by atoms with Crippen LogP contribution in [-0.2, 0) is 4.74 Å². The van der Waals surface area contributed by atoms with Crippen LogP contribution in [0.4, 0.5) is 13.2 Å². The molecule has 1 aliphatic heterocycles. The maximum Gasteiger partial charge on any atom is 0.573 e. The molecule has 0 aromatic heterocycles. The molecule has 6 nitrogen and oxygen atoms in total. The van der Waals surface area contributed by atoms with Gasteiger partial charge in [-0.15, -0.1) is 13.2 Å². The van der Waals surface area contributed by atoms with Crippen molar-refractivity contribution in [1.29, 1.82) is 0 Å². The number of guanidine groups is 1. The zero-order chi connectivity index (χ0) is 20.6. The third kappa shape index (κ3) is 7.20. The van der Waals surface area contributed by atoms with Crippen LogP contribution in [0.3, 0.4) is 0 Å². The number of halogens is 3. The summed E-state index contributed by atoms with van der Waals surface area (Å²) >= 11 is 0. The van der Waals surface area contributed by atoms with Crippen molar-refractivity contribution in [3.05, 3.63) is 29.8 Å². The first-order valence-electron chi connectivity index (χ1n) is 9.47. The van der Waals surface area contributed by atoms with Crippen LogP contribution in [0, 0.1) is 5.92 Å². The van der Waals surface area contributed by atoms with Crippen LogP contribution >= 0.6 is 0 Å². The Morgan fingerprint density at radius 1 is 1.32 bits per heavy atom. The first-order chi connectivity index (χ1) is 13.3. The van der Waals surface area contributed by atoms with Crippen LogP contribution in [0.25, 0.3) is 0 Å². The number of nitrogens with zero attached hydrogens (tertiary/aromatic N) is 2. The molecule has 2 N–H and O–H groups in total. The fourth-order valence-corrected chi connectivity index (χ4v) is 3.04. The lowest BCUT2D eigenvalue weighted by molar-refractivity contribution is -0.274. The molecule has 1 fully saturated rings. The summed E-state index contributed by atoms with van der Waals surface area (Å²) in [6.07, 6.45) is -4.63. The number of nitrogens with one attached hydrogen (secondary N) is 1. The number of hydrogen-bond donors (Lipinski definition) is 2. The number of aliphatic hydroxyl groups is 1. The molecule has 1 aromatic carbocycles. The summed E-state index contributed by atoms with van der Waals surface area (Å²) in [5.41, 5.74) is 0.477. The van der Waals surface area contributed by atoms with E-state index in [1.807, 2.05) is 13.8 Å². The molecular formula is C19H28F3N3O3. The Balaban J connectivity index is 1.94. The van der Waals surface area contributed by atoms with E-state index in [0.29, 0.717) is 24.6 Å². The summed E-state index contributed by atoms with van der Waals surface area (Å²) in [6, 6.07) is 5.17. The van der Waals surface area contributed by atoms with Crippen molar-refractivity contribution in [1.82, 2.24) is 10.2 Å². The maximum atomic E-state index is 12.2. The second-order valence-corrected chi connectivity index (χ2v) is 6.59. The van der Waals surface area contributed by atoms with Crippen LogP contribution < -0.4 is 10.1 Å². The van der Waals surface area contributed by atoms with Crippen molar-refractivity contribution in [3.8, 4) is 5.75 Å². The van der Waals surface area contributed by atoms with E-state index >= 15 is 0 Å². The third-order valence-electron chi connectivity index (χ3n) is 4.39. The monoisotopic (exact) mass is 403 g/mol. The van der Waals surface area contributed by atoms with Crippen molar-refractivity contribution < 1.29 is 27.8 Å². The molecule has 0 aliphatic carbocycles. The van der Waals surface area contributed by atoms with Gasteiger partial charge in [0.2, 0.25) is 0 Å². The van der Waals surface area contributed by atoms with E-state index in [1.165, 1.54) is 24.3 Å². The van der Waals surface area contributed by atoms with Gasteiger partial charge in [-0.25, -0.2) is 0 Å². The molecular weight excluding hydrogens is 375 g/mol. The van der Waals surface area contributed by atoms with Gasteiger partial charge < -0.3 is 24.8 Å². The Morgan fingerprint density at radius 2 is 2.04 bits per heavy atom. The molecule has 0 spiro atoms. The predicted octanol–water partition coefficient (Wildman–Crippen LogP) is 2.94. The minimum atomic E-state index is -4.74. The smallest absolute Gasteiger partial charge is 0.406 e. The first-order valence-corrected chi connectivity index (χ1v) is 9.47. The number of benzene rings is 1. The number of aliphatic imine (C=N–C) groups is 1. The summed E-state index contributed by atoms with van der Waals surface area (Å²) in [7, 11) is 0. The van der Waals surface area contributed by atoms with E-state index in [4.69, 9.17) is 4.74 Å². The van der Waals surface area contributed by atoms with E-state index in [2.05, 4.69) is 19.9 Å². The van der Waals surface area contributed by atoms with Gasteiger partial charge in [-0.05, 0) is 38.0 Å². The molecule has 28 heavy (non-hydrogen) atoms. The average Bonchev–Trinajstić information content (AvgIpc) is 3.11. The van der Waals surface area contributed by atoms with Crippen molar-refractivity contribution in [2.75, 3.05) is 39.4 Å². The first kappa shape index (κ1) is 22.3. The van der Waals surface area contributed by atoms with E-state index < -0.39 is 12.5 Å². The third-order valence-corrected chi connectivity index (χ3v) is 4.39. The molecule has 1 heterocycles. The molecule has 158 valence electrons. The number of alkyl halides is 3. The minimum absolute atomic E-state index is 0.106. The van der Waals surface area contributed by atoms with Gasteiger partial charge in [0, 0.05) is 32.2 Å². The molecule has 2 rings (SSSR count). The van der Waals surface area contributed by atoms with Gasteiger partial charge >= 0.3 is 6.36 Å². The fourth-order valence-electron chi connectivity index (χ4n) is 3.04. The molecule has 9 heteroatoms. The molecule has 0 amide bonds. The molecule has 1 aromatic rings. The molecule has 0 saturated carbocycles. The Hall–Kier alpha value is -2.00. The second-order valence-electron chi connectivity index (χ2n) is 6.59. The van der Waals surface area contributed by atoms with Crippen LogP contribution in [0.1, 0.15) is 31.9 Å². The maximum absolute atomic E-state index is 12.2. The highest BCUT2D eigenvalue weighted by atomic mass is 19.4. The molecule has 0 radical (unpaired) electrons. The van der Waals surface area contributed by atoms with Crippen molar-refractivity contribution in [2.45, 2.75) is 32.7 Å². The molecule has 1 saturated heterocycles. The predicted molar refractivity (Wildman–Crippen MR) is 100 cm³/mol. The van der Waals surface area contributed by atoms with E-state index in [-0.39, 0.29) is 12.3 Å². The van der Waals surface area contributed by atoms with Gasteiger partial charge in [0.1, 0.15) is 5.75 Å². The number of rotatable bonds is 8. The summed E-state index contributed by atoms with van der Waals surface area (Å²) in [5, 5.41) is 13.6. The average molecular weight is 403 g/mol. The highest BCUT2D eigenvalue weighted by Gasteiger charge is 2.31. The van der Waals surface area contributed by atoms with Gasteiger partial charge in [-0.3, -0.25) is 4.99 Å². The molecule has 0 bridgehead atoms. The number of aliphatic hydroxyl groups excluding tert-OH is 1. The lowest BCUT2D eigenvalue weighted by Gasteiger charge is -2.22. The Kier molecular flexibility index (Phi) is 8.37. The summed E-state index contributed by atoms with van der Waals surface area (Å²) in [4.78, 5) is 6.64. The highest BCUT2D eigenvalue weighted by molar-refractivity contribution is 5.80.